The van der Waals surface area contributed by atoms with Crippen molar-refractivity contribution in [1.82, 2.24) is 9.80 Å². The Morgan fingerprint density at radius 2 is 0.827 bits per heavy atom. The fourth-order valence-electron chi connectivity index (χ4n) is 6.65. The summed E-state index contributed by atoms with van der Waals surface area (Å²) in [4.78, 5) is 57.0. The van der Waals surface area contributed by atoms with Gasteiger partial charge in [-0.1, -0.05) is 87.4 Å². The van der Waals surface area contributed by atoms with Crippen molar-refractivity contribution in [2.45, 2.75) is 52.6 Å². The van der Waals surface area contributed by atoms with Gasteiger partial charge in [0, 0.05) is 26.2 Å². The fraction of sp³-hybridized carbons (Fsp3) is 0.333. The van der Waals surface area contributed by atoms with E-state index < -0.39 is 47.4 Å². The predicted octanol–water partition coefficient (Wildman–Crippen LogP) is 7.88. The quantitative estimate of drug-likeness (QED) is 0.107. The zero-order chi connectivity index (χ0) is 37.0. The summed E-state index contributed by atoms with van der Waals surface area (Å²) in [6, 6.07) is 33.2. The second-order valence-electron chi connectivity index (χ2n) is 13.1. The Labute approximate surface area is 304 Å². The van der Waals surface area contributed by atoms with Crippen LogP contribution in [0, 0.1) is 23.7 Å². The van der Waals surface area contributed by atoms with E-state index >= 15 is 0 Å². The number of para-hydroxylation sites is 2. The van der Waals surface area contributed by atoms with Crippen LogP contribution in [0.15, 0.2) is 109 Å². The molecule has 1 aliphatic rings. The summed E-state index contributed by atoms with van der Waals surface area (Å²) in [6.07, 6.45) is 2.86. The second kappa shape index (κ2) is 18.0. The molecule has 0 aromatic heterocycles. The van der Waals surface area contributed by atoms with E-state index in [2.05, 4.69) is 0 Å². The number of aliphatic carboxylic acids is 2. The number of carbonyl (C=O) groups excluding carboxylic acids is 2. The molecule has 52 heavy (non-hydrogen) atoms. The Balaban J connectivity index is 1.37. The first-order valence-electron chi connectivity index (χ1n) is 17.9. The Morgan fingerprint density at radius 3 is 1.13 bits per heavy atom. The summed E-state index contributed by atoms with van der Waals surface area (Å²) < 4.78 is 11.8. The highest BCUT2D eigenvalue weighted by Gasteiger charge is 2.64. The van der Waals surface area contributed by atoms with Crippen LogP contribution in [0.2, 0.25) is 0 Å². The third-order valence-electron chi connectivity index (χ3n) is 9.43. The first-order chi connectivity index (χ1) is 25.2. The lowest BCUT2D eigenvalue weighted by atomic mass is 9.55. The topological polar surface area (TPSA) is 134 Å². The molecule has 5 rings (SSSR count). The molecule has 1 aliphatic carbocycles. The number of carbonyl (C=O) groups is 4. The Morgan fingerprint density at radius 1 is 0.500 bits per heavy atom. The maximum atomic E-state index is 14.4. The van der Waals surface area contributed by atoms with Gasteiger partial charge in [-0.05, 0) is 72.5 Å². The molecule has 4 aromatic rings. The molecule has 0 spiro atoms. The minimum atomic E-state index is -1.54. The van der Waals surface area contributed by atoms with Crippen molar-refractivity contribution in [2.75, 3.05) is 13.1 Å². The first-order valence-corrected chi connectivity index (χ1v) is 17.9. The van der Waals surface area contributed by atoms with E-state index in [0.717, 1.165) is 24.0 Å². The SMILES string of the molecule is CCCCN(Cc1ccc(Oc2ccccc2)cc1)C(=O)[C@H]1[C@@H](C(=O)O)[C@H](C(=O)O)[C@@H]1C(=O)N(CCCC)Cc1ccc(Oc2ccccc2)cc1. The molecule has 2 N–H and O–H groups in total. The molecule has 0 radical (unpaired) electrons. The summed E-state index contributed by atoms with van der Waals surface area (Å²) in [7, 11) is 0. The minimum Gasteiger partial charge on any atom is -0.481 e. The molecule has 2 amide bonds. The van der Waals surface area contributed by atoms with Gasteiger partial charge in [0.1, 0.15) is 23.0 Å². The molecule has 4 atom stereocenters. The third kappa shape index (κ3) is 9.37. The van der Waals surface area contributed by atoms with E-state index in [1.165, 1.54) is 0 Å². The highest BCUT2D eigenvalue weighted by atomic mass is 16.5. The van der Waals surface area contributed by atoms with E-state index in [-0.39, 0.29) is 13.1 Å². The average Bonchev–Trinajstić information content (AvgIpc) is 3.13. The van der Waals surface area contributed by atoms with Gasteiger partial charge in [-0.15, -0.1) is 0 Å². The highest BCUT2D eigenvalue weighted by Crippen LogP contribution is 2.49. The molecule has 0 aliphatic heterocycles. The molecular weight excluding hydrogens is 660 g/mol. The maximum Gasteiger partial charge on any atom is 0.308 e. The number of unbranched alkanes of at least 4 members (excludes halogenated alkanes) is 2. The summed E-state index contributed by atoms with van der Waals surface area (Å²) in [5.74, 6) is -6.97. The molecule has 10 heteroatoms. The van der Waals surface area contributed by atoms with Crippen molar-refractivity contribution >= 4 is 23.8 Å². The minimum absolute atomic E-state index is 0.170. The summed E-state index contributed by atoms with van der Waals surface area (Å²) in [5, 5.41) is 20.5. The van der Waals surface area contributed by atoms with Crippen LogP contribution in [0.4, 0.5) is 0 Å². The molecule has 0 bridgehead atoms. The van der Waals surface area contributed by atoms with Gasteiger partial charge in [-0.2, -0.15) is 0 Å². The molecule has 272 valence electrons. The van der Waals surface area contributed by atoms with Gasteiger partial charge >= 0.3 is 11.9 Å². The van der Waals surface area contributed by atoms with Crippen molar-refractivity contribution in [3.8, 4) is 23.0 Å². The van der Waals surface area contributed by atoms with Crippen LogP contribution in [-0.2, 0) is 32.3 Å². The number of rotatable bonds is 18. The lowest BCUT2D eigenvalue weighted by molar-refractivity contribution is -0.187. The average molecular weight is 707 g/mol. The Kier molecular flexibility index (Phi) is 13.0. The van der Waals surface area contributed by atoms with Gasteiger partial charge in [0.2, 0.25) is 11.8 Å². The second-order valence-corrected chi connectivity index (χ2v) is 13.1. The molecule has 4 aromatic carbocycles. The van der Waals surface area contributed by atoms with Gasteiger partial charge in [0.05, 0.1) is 23.7 Å². The number of nitrogens with zero attached hydrogens (tertiary/aromatic N) is 2. The number of amides is 2. The van der Waals surface area contributed by atoms with Crippen molar-refractivity contribution in [3.05, 3.63) is 120 Å². The van der Waals surface area contributed by atoms with E-state index in [1.807, 2.05) is 98.8 Å². The van der Waals surface area contributed by atoms with Crippen LogP contribution in [0.25, 0.3) is 0 Å². The van der Waals surface area contributed by atoms with Crippen molar-refractivity contribution in [2.24, 2.45) is 23.7 Å². The number of hydrogen-bond donors (Lipinski definition) is 2. The van der Waals surface area contributed by atoms with Gasteiger partial charge in [-0.3, -0.25) is 19.2 Å². The Bertz CT molecular complexity index is 1650. The number of ether oxygens (including phenoxy) is 2. The number of carboxylic acid groups (broad SMARTS) is 2. The molecule has 0 saturated heterocycles. The van der Waals surface area contributed by atoms with Crippen LogP contribution in [0.1, 0.15) is 50.7 Å². The van der Waals surface area contributed by atoms with Crippen molar-refractivity contribution in [3.63, 3.8) is 0 Å². The zero-order valence-corrected chi connectivity index (χ0v) is 29.6. The van der Waals surface area contributed by atoms with Crippen LogP contribution in [-0.4, -0.2) is 56.9 Å². The van der Waals surface area contributed by atoms with Gasteiger partial charge < -0.3 is 29.5 Å². The van der Waals surface area contributed by atoms with Crippen molar-refractivity contribution < 1.29 is 38.9 Å². The van der Waals surface area contributed by atoms with E-state index in [0.29, 0.717) is 48.9 Å². The molecule has 1 saturated carbocycles. The van der Waals surface area contributed by atoms with E-state index in [4.69, 9.17) is 9.47 Å². The maximum absolute atomic E-state index is 14.4. The third-order valence-corrected chi connectivity index (χ3v) is 9.43. The van der Waals surface area contributed by atoms with E-state index in [9.17, 15) is 29.4 Å². The van der Waals surface area contributed by atoms with E-state index in [1.54, 1.807) is 34.1 Å². The van der Waals surface area contributed by atoms with Gasteiger partial charge in [0.25, 0.3) is 0 Å². The number of hydrogen-bond acceptors (Lipinski definition) is 6. The summed E-state index contributed by atoms with van der Waals surface area (Å²) in [6.45, 7) is 4.97. The molecule has 10 nitrogen and oxygen atoms in total. The zero-order valence-electron chi connectivity index (χ0n) is 29.6. The summed E-state index contributed by atoms with van der Waals surface area (Å²) in [5.41, 5.74) is 1.58. The normalized spacial score (nSPS) is 17.7. The van der Waals surface area contributed by atoms with Crippen LogP contribution >= 0.6 is 0 Å². The fourth-order valence-corrected chi connectivity index (χ4v) is 6.65. The standard InChI is InChI=1S/C42H46N2O8/c1-3-5-25-43(27-29-17-21-33(22-18-29)51-31-13-9-7-10-14-31)39(45)35-36(38(42(49)50)37(35)41(47)48)40(46)44(26-6-4-2)28-30-19-23-34(24-20-30)52-32-15-11-8-12-16-32/h7-24,35-38H,3-6,25-28H2,1-2H3,(H,47,48)(H,49,50)/t35-,36-,37-,38-/m1/s1. The van der Waals surface area contributed by atoms with Crippen LogP contribution in [0.5, 0.6) is 23.0 Å². The number of benzene rings is 4. The van der Waals surface area contributed by atoms with Crippen molar-refractivity contribution in [1.29, 1.82) is 0 Å². The predicted molar refractivity (Wildman–Crippen MR) is 196 cm³/mol. The lowest BCUT2D eigenvalue weighted by Crippen LogP contribution is -2.64. The van der Waals surface area contributed by atoms with Crippen LogP contribution in [0.3, 0.4) is 0 Å². The van der Waals surface area contributed by atoms with Crippen LogP contribution < -0.4 is 9.47 Å². The smallest absolute Gasteiger partial charge is 0.308 e. The highest BCUT2D eigenvalue weighted by molar-refractivity contribution is 5.99. The number of carboxylic acids is 2. The summed E-state index contributed by atoms with van der Waals surface area (Å²) >= 11 is 0. The van der Waals surface area contributed by atoms with Gasteiger partial charge in [0.15, 0.2) is 0 Å². The first kappa shape index (κ1) is 37.6. The molecule has 0 unspecified atom stereocenters. The molecule has 0 heterocycles. The Hall–Kier alpha value is -5.64. The van der Waals surface area contributed by atoms with Gasteiger partial charge in [-0.25, -0.2) is 0 Å². The lowest BCUT2D eigenvalue weighted by Gasteiger charge is -2.48. The molecular formula is C42H46N2O8. The monoisotopic (exact) mass is 706 g/mol. The molecule has 1 fully saturated rings. The largest absolute Gasteiger partial charge is 0.481 e.